The maximum absolute atomic E-state index is 11.9. The molecular formula is C11H16BrN3O3S. The molecule has 0 spiro atoms. The molecule has 1 aromatic rings. The summed E-state index contributed by atoms with van der Waals surface area (Å²) in [5.74, 6) is 0. The highest BCUT2D eigenvalue weighted by Crippen LogP contribution is 2.14. The Labute approximate surface area is 121 Å². The number of nitrogens with one attached hydrogen (secondary N) is 2. The SMILES string of the molecule is CCN(CC)NC(=O)NS(=O)(=O)c1ccc(Br)cc1. The van der Waals surface area contributed by atoms with Gasteiger partial charge in [0.15, 0.2) is 0 Å². The lowest BCUT2D eigenvalue weighted by atomic mass is 10.4. The molecule has 1 aromatic carbocycles. The number of hydrogen-bond donors (Lipinski definition) is 2. The van der Waals surface area contributed by atoms with Crippen LogP contribution in [0.5, 0.6) is 0 Å². The minimum atomic E-state index is -3.85. The number of sulfonamides is 1. The van der Waals surface area contributed by atoms with Crippen molar-refractivity contribution in [2.45, 2.75) is 18.7 Å². The summed E-state index contributed by atoms with van der Waals surface area (Å²) in [6.45, 7) is 4.88. The summed E-state index contributed by atoms with van der Waals surface area (Å²) in [4.78, 5) is 11.6. The number of carbonyl (C=O) groups excluding carboxylic acids is 1. The number of nitrogens with zero attached hydrogens (tertiary/aromatic N) is 1. The smallest absolute Gasteiger partial charge is 0.270 e. The van der Waals surface area contributed by atoms with Gasteiger partial charge in [-0.2, -0.15) is 0 Å². The van der Waals surface area contributed by atoms with Crippen molar-refractivity contribution in [1.82, 2.24) is 15.2 Å². The first kappa shape index (κ1) is 15.9. The molecule has 0 fully saturated rings. The molecule has 6 nitrogen and oxygen atoms in total. The Hall–Kier alpha value is -1.12. The average molecular weight is 350 g/mol. The van der Waals surface area contributed by atoms with E-state index in [1.54, 1.807) is 17.1 Å². The first-order valence-corrected chi connectivity index (χ1v) is 8.00. The second-order valence-corrected chi connectivity index (χ2v) is 6.27. The second kappa shape index (κ2) is 6.88. The third-order valence-electron chi connectivity index (χ3n) is 2.37. The van der Waals surface area contributed by atoms with Gasteiger partial charge >= 0.3 is 6.03 Å². The molecule has 0 saturated heterocycles. The van der Waals surface area contributed by atoms with Crippen LogP contribution in [0.2, 0.25) is 0 Å². The van der Waals surface area contributed by atoms with Crippen LogP contribution in [0, 0.1) is 0 Å². The molecule has 0 saturated carbocycles. The zero-order chi connectivity index (χ0) is 14.5. The third-order valence-corrected chi connectivity index (χ3v) is 4.25. The summed E-state index contributed by atoms with van der Waals surface area (Å²) in [5, 5.41) is 1.59. The van der Waals surface area contributed by atoms with Gasteiger partial charge in [0.1, 0.15) is 0 Å². The molecule has 19 heavy (non-hydrogen) atoms. The van der Waals surface area contributed by atoms with Crippen LogP contribution in [0.15, 0.2) is 33.6 Å². The molecule has 0 aliphatic heterocycles. The topological polar surface area (TPSA) is 78.5 Å². The van der Waals surface area contributed by atoms with Crippen LogP contribution in [-0.2, 0) is 10.0 Å². The van der Waals surface area contributed by atoms with Crippen LogP contribution in [0.25, 0.3) is 0 Å². The molecule has 0 aliphatic carbocycles. The largest absolute Gasteiger partial charge is 0.343 e. The van der Waals surface area contributed by atoms with Crippen LogP contribution in [-0.4, -0.2) is 32.5 Å². The van der Waals surface area contributed by atoms with E-state index >= 15 is 0 Å². The van der Waals surface area contributed by atoms with Crippen LogP contribution in [0.4, 0.5) is 4.79 Å². The molecule has 0 heterocycles. The number of benzene rings is 1. The van der Waals surface area contributed by atoms with Crippen molar-refractivity contribution in [3.63, 3.8) is 0 Å². The maximum Gasteiger partial charge on any atom is 0.343 e. The van der Waals surface area contributed by atoms with Crippen LogP contribution in [0.3, 0.4) is 0 Å². The van der Waals surface area contributed by atoms with E-state index in [0.29, 0.717) is 13.1 Å². The van der Waals surface area contributed by atoms with E-state index in [2.05, 4.69) is 21.4 Å². The minimum Gasteiger partial charge on any atom is -0.270 e. The monoisotopic (exact) mass is 349 g/mol. The molecule has 0 aliphatic rings. The van der Waals surface area contributed by atoms with E-state index < -0.39 is 16.1 Å². The molecule has 2 amide bonds. The van der Waals surface area contributed by atoms with Gasteiger partial charge in [0.25, 0.3) is 10.0 Å². The first-order valence-electron chi connectivity index (χ1n) is 5.73. The predicted octanol–water partition coefficient (Wildman–Crippen LogP) is 1.69. The number of hydrazine groups is 1. The van der Waals surface area contributed by atoms with Crippen molar-refractivity contribution < 1.29 is 13.2 Å². The summed E-state index contributed by atoms with van der Waals surface area (Å²) < 4.78 is 26.5. The number of carbonyl (C=O) groups is 1. The third kappa shape index (κ3) is 4.81. The molecule has 8 heteroatoms. The van der Waals surface area contributed by atoms with Gasteiger partial charge in [0.2, 0.25) is 0 Å². The molecule has 0 unspecified atom stereocenters. The van der Waals surface area contributed by atoms with E-state index in [1.165, 1.54) is 12.1 Å². The van der Waals surface area contributed by atoms with Crippen molar-refractivity contribution in [2.75, 3.05) is 13.1 Å². The first-order chi connectivity index (χ1) is 8.89. The Morgan fingerprint density at radius 3 is 2.21 bits per heavy atom. The molecular weight excluding hydrogens is 334 g/mol. The predicted molar refractivity (Wildman–Crippen MR) is 75.9 cm³/mol. The summed E-state index contributed by atoms with van der Waals surface area (Å²) in [5.41, 5.74) is 2.45. The summed E-state index contributed by atoms with van der Waals surface area (Å²) in [6, 6.07) is 5.24. The Morgan fingerprint density at radius 2 is 1.74 bits per heavy atom. The van der Waals surface area contributed by atoms with Gasteiger partial charge in [0, 0.05) is 17.6 Å². The van der Waals surface area contributed by atoms with E-state index in [0.717, 1.165) is 4.47 Å². The van der Waals surface area contributed by atoms with Crippen molar-refractivity contribution in [2.24, 2.45) is 0 Å². The Bertz CT molecular complexity index is 527. The molecule has 0 aromatic heterocycles. The number of hydrogen-bond acceptors (Lipinski definition) is 4. The number of amides is 2. The van der Waals surface area contributed by atoms with E-state index in [-0.39, 0.29) is 4.90 Å². The highest BCUT2D eigenvalue weighted by atomic mass is 79.9. The van der Waals surface area contributed by atoms with Crippen LogP contribution < -0.4 is 10.1 Å². The number of urea groups is 1. The van der Waals surface area contributed by atoms with Gasteiger partial charge in [-0.15, -0.1) is 0 Å². The standard InChI is InChI=1S/C11H16BrN3O3S/c1-3-15(4-2)13-11(16)14-19(17,18)10-7-5-9(12)6-8-10/h5-8H,3-4H2,1-2H3,(H2,13,14,16). The molecule has 106 valence electrons. The lowest BCUT2D eigenvalue weighted by molar-refractivity contribution is 0.191. The van der Waals surface area contributed by atoms with Gasteiger partial charge in [-0.05, 0) is 24.3 Å². The van der Waals surface area contributed by atoms with Crippen molar-refractivity contribution in [3.8, 4) is 0 Å². The van der Waals surface area contributed by atoms with Crippen molar-refractivity contribution >= 4 is 32.0 Å². The van der Waals surface area contributed by atoms with Gasteiger partial charge in [0.05, 0.1) is 4.90 Å². The maximum atomic E-state index is 11.9. The minimum absolute atomic E-state index is 0.0328. The highest BCUT2D eigenvalue weighted by molar-refractivity contribution is 9.10. The zero-order valence-electron chi connectivity index (χ0n) is 10.7. The average Bonchev–Trinajstić information content (AvgIpc) is 2.35. The fourth-order valence-corrected chi connectivity index (χ4v) is 2.51. The van der Waals surface area contributed by atoms with Crippen LogP contribution in [0.1, 0.15) is 13.8 Å². The molecule has 2 N–H and O–H groups in total. The highest BCUT2D eigenvalue weighted by Gasteiger charge is 2.18. The van der Waals surface area contributed by atoms with Gasteiger partial charge < -0.3 is 0 Å². The van der Waals surface area contributed by atoms with E-state index in [1.807, 2.05) is 18.6 Å². The second-order valence-electron chi connectivity index (χ2n) is 3.67. The molecule has 0 atom stereocenters. The molecule has 0 bridgehead atoms. The van der Waals surface area contributed by atoms with E-state index in [4.69, 9.17) is 0 Å². The van der Waals surface area contributed by atoms with E-state index in [9.17, 15) is 13.2 Å². The zero-order valence-corrected chi connectivity index (χ0v) is 13.1. The normalized spacial score (nSPS) is 11.4. The summed E-state index contributed by atoms with van der Waals surface area (Å²) in [7, 11) is -3.85. The summed E-state index contributed by atoms with van der Waals surface area (Å²) in [6.07, 6.45) is 0. The summed E-state index contributed by atoms with van der Waals surface area (Å²) >= 11 is 3.21. The molecule has 1 rings (SSSR count). The fraction of sp³-hybridized carbons (Fsp3) is 0.364. The van der Waals surface area contributed by atoms with Crippen LogP contribution >= 0.6 is 15.9 Å². The fourth-order valence-electron chi connectivity index (χ4n) is 1.34. The van der Waals surface area contributed by atoms with Crippen molar-refractivity contribution in [1.29, 1.82) is 0 Å². The Balaban J connectivity index is 2.74. The lowest BCUT2D eigenvalue weighted by Gasteiger charge is -2.19. The van der Waals surface area contributed by atoms with Gasteiger partial charge in [-0.3, -0.25) is 5.43 Å². The number of halogens is 1. The number of rotatable bonds is 5. The quantitative estimate of drug-likeness (QED) is 0.793. The van der Waals surface area contributed by atoms with Crippen molar-refractivity contribution in [3.05, 3.63) is 28.7 Å². The lowest BCUT2D eigenvalue weighted by Crippen LogP contribution is -2.48. The van der Waals surface area contributed by atoms with Gasteiger partial charge in [-0.1, -0.05) is 29.8 Å². The van der Waals surface area contributed by atoms with Gasteiger partial charge in [-0.25, -0.2) is 22.9 Å². The molecule has 0 radical (unpaired) electrons. The Kier molecular flexibility index (Phi) is 5.77. The Morgan fingerprint density at radius 1 is 1.21 bits per heavy atom.